The van der Waals surface area contributed by atoms with Crippen molar-refractivity contribution in [2.75, 3.05) is 0 Å². The highest BCUT2D eigenvalue weighted by atomic mass is 31.2. The fraction of sp³-hybridized carbons (Fsp3) is 0.375. The molecule has 0 unspecified atom stereocenters. The number of aromatic nitrogens is 1. The molecule has 0 radical (unpaired) electrons. The van der Waals surface area contributed by atoms with Gasteiger partial charge in [0.15, 0.2) is 0 Å². The lowest BCUT2D eigenvalue weighted by Gasteiger charge is -2.11. The maximum absolute atomic E-state index is 10.5. The minimum Gasteiger partial charge on any atom is -0.506 e. The highest BCUT2D eigenvalue weighted by Crippen LogP contribution is 2.37. The van der Waals surface area contributed by atoms with E-state index in [1.54, 1.807) is 0 Å². The van der Waals surface area contributed by atoms with E-state index in [-0.39, 0.29) is 22.6 Å². The van der Waals surface area contributed by atoms with E-state index in [2.05, 4.69) is 9.51 Å². The van der Waals surface area contributed by atoms with Gasteiger partial charge < -0.3 is 20.6 Å². The van der Waals surface area contributed by atoms with Crippen molar-refractivity contribution in [3.05, 3.63) is 23.0 Å². The SMILES string of the molecule is [2H][C@@H](N)c1c(COP(=O)(O)O)cnc(C)c1O. The van der Waals surface area contributed by atoms with Crippen molar-refractivity contribution in [2.45, 2.75) is 20.1 Å². The Morgan fingerprint density at radius 1 is 1.69 bits per heavy atom. The second-order valence-corrected chi connectivity index (χ2v) is 4.30. The van der Waals surface area contributed by atoms with Crippen LogP contribution in [0.2, 0.25) is 0 Å². The quantitative estimate of drug-likeness (QED) is 0.560. The molecule has 0 aliphatic carbocycles. The fourth-order valence-electron chi connectivity index (χ4n) is 1.11. The lowest BCUT2D eigenvalue weighted by molar-refractivity contribution is 0.188. The van der Waals surface area contributed by atoms with Gasteiger partial charge in [-0.3, -0.25) is 9.51 Å². The van der Waals surface area contributed by atoms with Gasteiger partial charge in [-0.1, -0.05) is 0 Å². The minimum atomic E-state index is -4.62. The molecule has 1 rings (SSSR count). The maximum atomic E-state index is 10.5. The van der Waals surface area contributed by atoms with E-state index in [9.17, 15) is 9.67 Å². The molecule has 8 heteroatoms. The van der Waals surface area contributed by atoms with Gasteiger partial charge >= 0.3 is 7.82 Å². The van der Waals surface area contributed by atoms with Crippen LogP contribution in [-0.2, 0) is 22.2 Å². The van der Waals surface area contributed by atoms with E-state index in [0.29, 0.717) is 0 Å². The topological polar surface area (TPSA) is 126 Å². The number of aryl methyl sites for hydroxylation is 1. The third-order valence-corrected chi connectivity index (χ3v) is 2.38. The standard InChI is InChI=1S/C8H13N2O5P/c1-5-8(11)7(2-9)6(3-10-5)4-15-16(12,13)14/h3,11H,2,4,9H2,1H3,(H2,12,13,14)/i2D/t2-/m1/s1. The van der Waals surface area contributed by atoms with Gasteiger partial charge in [0.1, 0.15) is 5.75 Å². The number of pyridine rings is 1. The van der Waals surface area contributed by atoms with Crippen LogP contribution < -0.4 is 5.73 Å². The first kappa shape index (κ1) is 11.5. The van der Waals surface area contributed by atoms with E-state index in [1.165, 1.54) is 13.1 Å². The molecule has 1 aromatic heterocycles. The summed E-state index contributed by atoms with van der Waals surface area (Å²) in [7, 11) is -4.62. The van der Waals surface area contributed by atoms with Gasteiger partial charge in [0.25, 0.3) is 0 Å². The number of nitrogens with zero attached hydrogens (tertiary/aromatic N) is 1. The fourth-order valence-corrected chi connectivity index (χ4v) is 1.41. The van der Waals surface area contributed by atoms with Gasteiger partial charge in [0.2, 0.25) is 0 Å². The Balaban J connectivity index is 3.08. The molecule has 1 aromatic rings. The summed E-state index contributed by atoms with van der Waals surface area (Å²) < 4.78 is 22.2. The highest BCUT2D eigenvalue weighted by molar-refractivity contribution is 7.46. The maximum Gasteiger partial charge on any atom is 0.469 e. The molecule has 0 fully saturated rings. The van der Waals surface area contributed by atoms with Gasteiger partial charge in [-0.05, 0) is 6.92 Å². The van der Waals surface area contributed by atoms with Crippen LogP contribution in [0.1, 0.15) is 18.2 Å². The van der Waals surface area contributed by atoms with Crippen LogP contribution in [0.15, 0.2) is 6.20 Å². The Morgan fingerprint density at radius 2 is 2.31 bits per heavy atom. The van der Waals surface area contributed by atoms with Crippen LogP contribution in [0, 0.1) is 6.92 Å². The largest absolute Gasteiger partial charge is 0.506 e. The van der Waals surface area contributed by atoms with E-state index in [1.807, 2.05) is 0 Å². The molecule has 16 heavy (non-hydrogen) atoms. The summed E-state index contributed by atoms with van der Waals surface area (Å²) in [6, 6.07) is 0. The Labute approximate surface area is 93.5 Å². The van der Waals surface area contributed by atoms with Crippen molar-refractivity contribution in [1.82, 2.24) is 4.98 Å². The third kappa shape index (κ3) is 3.26. The molecule has 0 bridgehead atoms. The van der Waals surface area contributed by atoms with Crippen molar-refractivity contribution in [1.29, 1.82) is 0 Å². The number of phosphoric acid groups is 1. The summed E-state index contributed by atoms with van der Waals surface area (Å²) in [5, 5.41) is 9.67. The molecule has 1 atom stereocenters. The summed E-state index contributed by atoms with van der Waals surface area (Å²) in [6.07, 6.45) is 1.26. The Bertz CT molecular complexity index is 461. The predicted molar refractivity (Wildman–Crippen MR) is 55.4 cm³/mol. The van der Waals surface area contributed by atoms with Crippen LogP contribution in [0.5, 0.6) is 5.75 Å². The molecule has 90 valence electrons. The summed E-state index contributed by atoms with van der Waals surface area (Å²) in [5.74, 6) is -0.265. The molecular weight excluding hydrogens is 235 g/mol. The van der Waals surface area contributed by atoms with E-state index < -0.39 is 21.0 Å². The predicted octanol–water partition coefficient (Wildman–Crippen LogP) is 0.164. The highest BCUT2D eigenvalue weighted by Gasteiger charge is 2.17. The Kier molecular flexibility index (Phi) is 3.52. The molecule has 1 heterocycles. The van der Waals surface area contributed by atoms with Gasteiger partial charge in [0.05, 0.1) is 12.3 Å². The van der Waals surface area contributed by atoms with E-state index in [4.69, 9.17) is 16.9 Å². The average molecular weight is 249 g/mol. The van der Waals surface area contributed by atoms with Gasteiger partial charge in [-0.15, -0.1) is 0 Å². The average Bonchev–Trinajstić information content (AvgIpc) is 2.18. The zero-order valence-corrected chi connectivity index (χ0v) is 9.39. The third-order valence-electron chi connectivity index (χ3n) is 1.91. The number of aromatic hydroxyl groups is 1. The van der Waals surface area contributed by atoms with Crippen molar-refractivity contribution < 1.29 is 25.4 Å². The molecule has 0 saturated heterocycles. The van der Waals surface area contributed by atoms with Gasteiger partial charge in [0, 0.05) is 25.2 Å². The number of phosphoric ester groups is 1. The molecule has 0 aliphatic rings. The molecular formula is C8H13N2O5P. The van der Waals surface area contributed by atoms with E-state index in [0.717, 1.165) is 0 Å². The summed E-state index contributed by atoms with van der Waals surface area (Å²) in [4.78, 5) is 20.9. The van der Waals surface area contributed by atoms with Crippen molar-refractivity contribution >= 4 is 7.82 Å². The molecule has 5 N–H and O–H groups in total. The Morgan fingerprint density at radius 3 is 2.81 bits per heavy atom. The first-order chi connectivity index (χ1) is 7.72. The summed E-state index contributed by atoms with van der Waals surface area (Å²) >= 11 is 0. The van der Waals surface area contributed by atoms with E-state index >= 15 is 0 Å². The zero-order valence-electron chi connectivity index (χ0n) is 9.49. The van der Waals surface area contributed by atoms with Crippen LogP contribution >= 0.6 is 7.82 Å². The van der Waals surface area contributed by atoms with Crippen molar-refractivity contribution in [3.8, 4) is 5.75 Å². The van der Waals surface area contributed by atoms with Gasteiger partial charge in [-0.2, -0.15) is 0 Å². The molecule has 0 spiro atoms. The first-order valence-electron chi connectivity index (χ1n) is 4.85. The normalized spacial score (nSPS) is 14.6. The second-order valence-electron chi connectivity index (χ2n) is 3.06. The second kappa shape index (κ2) is 4.90. The van der Waals surface area contributed by atoms with Gasteiger partial charge in [-0.25, -0.2) is 4.57 Å². The Hall–Kier alpha value is -0.980. The number of nitrogens with two attached hydrogens (primary N) is 1. The molecule has 0 amide bonds. The number of hydrogen-bond donors (Lipinski definition) is 4. The lowest BCUT2D eigenvalue weighted by Crippen LogP contribution is -2.05. The lowest BCUT2D eigenvalue weighted by atomic mass is 10.1. The summed E-state index contributed by atoms with van der Waals surface area (Å²) in [5.41, 5.74) is 5.85. The zero-order chi connectivity index (χ0) is 13.2. The van der Waals surface area contributed by atoms with Crippen molar-refractivity contribution in [2.24, 2.45) is 5.73 Å². The molecule has 7 nitrogen and oxygen atoms in total. The molecule has 0 aliphatic heterocycles. The van der Waals surface area contributed by atoms with Crippen molar-refractivity contribution in [3.63, 3.8) is 0 Å². The van der Waals surface area contributed by atoms with Crippen LogP contribution in [0.4, 0.5) is 0 Å². The number of rotatable bonds is 4. The van der Waals surface area contributed by atoms with Crippen LogP contribution in [-0.4, -0.2) is 19.9 Å². The summed E-state index contributed by atoms with van der Waals surface area (Å²) in [6.45, 7) is -0.200. The smallest absolute Gasteiger partial charge is 0.469 e. The van der Waals surface area contributed by atoms with Crippen LogP contribution in [0.3, 0.4) is 0 Å². The molecule has 0 saturated carbocycles. The van der Waals surface area contributed by atoms with Crippen LogP contribution in [0.25, 0.3) is 0 Å². The number of hydrogen-bond acceptors (Lipinski definition) is 5. The first-order valence-corrected chi connectivity index (χ1v) is 5.80. The monoisotopic (exact) mass is 249 g/mol. The molecule has 0 aromatic carbocycles. The minimum absolute atomic E-state index is 0.0472.